The zero-order valence-corrected chi connectivity index (χ0v) is 6.23. The van der Waals surface area contributed by atoms with E-state index in [4.69, 9.17) is 4.84 Å². The molecule has 0 unspecified atom stereocenters. The molecule has 3 nitrogen and oxygen atoms in total. The minimum absolute atomic E-state index is 0.664. The van der Waals surface area contributed by atoms with Crippen LogP contribution in [0.1, 0.15) is 0 Å². The molecular weight excluding hydrogens is 148 g/mol. The van der Waals surface area contributed by atoms with Crippen molar-refractivity contribution < 1.29 is 4.84 Å². The molecular formula is C6H8N2OS. The zero-order chi connectivity index (χ0) is 6.81. The third-order valence-electron chi connectivity index (χ3n) is 1.36. The molecule has 2 heterocycles. The first-order valence-corrected chi connectivity index (χ1v) is 4.06. The fourth-order valence-corrected chi connectivity index (χ4v) is 1.65. The Kier molecular flexibility index (Phi) is 1.56. The van der Waals surface area contributed by atoms with E-state index in [0.29, 0.717) is 6.61 Å². The Hall–Kier alpha value is -0.610. The maximum atomic E-state index is 4.94. The average molecular weight is 156 g/mol. The molecule has 0 aliphatic carbocycles. The van der Waals surface area contributed by atoms with Crippen LogP contribution < -0.4 is 5.48 Å². The number of hydrogen-bond acceptors (Lipinski definition) is 4. The summed E-state index contributed by atoms with van der Waals surface area (Å²) in [4.78, 5) is 4.94. The van der Waals surface area contributed by atoms with Crippen molar-refractivity contribution in [3.63, 3.8) is 0 Å². The fourth-order valence-electron chi connectivity index (χ4n) is 0.878. The van der Waals surface area contributed by atoms with Gasteiger partial charge in [0, 0.05) is 18.2 Å². The third-order valence-corrected chi connectivity index (χ3v) is 2.34. The van der Waals surface area contributed by atoms with E-state index < -0.39 is 0 Å². The lowest BCUT2D eigenvalue weighted by atomic mass is 10.5. The number of nitrogens with one attached hydrogen (secondary N) is 1. The van der Waals surface area contributed by atoms with Gasteiger partial charge in [0.25, 0.3) is 0 Å². The molecule has 2 aliphatic heterocycles. The maximum Gasteiger partial charge on any atom is 0.117 e. The van der Waals surface area contributed by atoms with E-state index in [0.717, 1.165) is 5.75 Å². The smallest absolute Gasteiger partial charge is 0.117 e. The van der Waals surface area contributed by atoms with Gasteiger partial charge in [0.15, 0.2) is 0 Å². The van der Waals surface area contributed by atoms with Crippen molar-refractivity contribution in [2.75, 3.05) is 12.4 Å². The molecule has 54 valence electrons. The van der Waals surface area contributed by atoms with E-state index >= 15 is 0 Å². The molecule has 2 aliphatic rings. The summed E-state index contributed by atoms with van der Waals surface area (Å²) < 4.78 is 2.11. The van der Waals surface area contributed by atoms with Crippen LogP contribution in [0.2, 0.25) is 0 Å². The second kappa shape index (κ2) is 2.56. The van der Waals surface area contributed by atoms with Gasteiger partial charge in [-0.05, 0) is 11.9 Å². The van der Waals surface area contributed by atoms with Crippen molar-refractivity contribution in [2.45, 2.75) is 0 Å². The Labute approximate surface area is 63.8 Å². The topological polar surface area (TPSA) is 24.5 Å². The quantitative estimate of drug-likeness (QED) is 0.569. The highest BCUT2D eigenvalue weighted by atomic mass is 32.2. The highest BCUT2D eigenvalue weighted by Gasteiger charge is 2.14. The molecule has 0 bridgehead atoms. The van der Waals surface area contributed by atoms with Crippen LogP contribution in [0.5, 0.6) is 0 Å². The summed E-state index contributed by atoms with van der Waals surface area (Å²) in [7, 11) is 0. The monoisotopic (exact) mass is 156 g/mol. The van der Waals surface area contributed by atoms with Gasteiger partial charge in [-0.1, -0.05) is 6.08 Å². The second-order valence-corrected chi connectivity index (χ2v) is 3.03. The van der Waals surface area contributed by atoms with Crippen molar-refractivity contribution >= 4 is 11.9 Å². The number of hydroxylamine groups is 1. The van der Waals surface area contributed by atoms with Gasteiger partial charge in [-0.3, -0.25) is 14.6 Å². The normalized spacial score (nSPS) is 23.2. The molecule has 10 heavy (non-hydrogen) atoms. The van der Waals surface area contributed by atoms with Gasteiger partial charge in [-0.15, -0.1) is 0 Å². The third kappa shape index (κ3) is 0.998. The van der Waals surface area contributed by atoms with Gasteiger partial charge in [-0.25, -0.2) is 0 Å². The molecule has 0 aromatic rings. The first-order valence-electron chi connectivity index (χ1n) is 3.12. The van der Waals surface area contributed by atoms with Gasteiger partial charge in [0.2, 0.25) is 0 Å². The molecule has 2 rings (SSSR count). The van der Waals surface area contributed by atoms with Crippen LogP contribution in [0.25, 0.3) is 0 Å². The van der Waals surface area contributed by atoms with Gasteiger partial charge in [0.05, 0.1) is 5.70 Å². The van der Waals surface area contributed by atoms with Crippen LogP contribution in [0, 0.1) is 0 Å². The summed E-state index contributed by atoms with van der Waals surface area (Å²) in [5.74, 6) is 1.07. The molecule has 0 aromatic carbocycles. The molecule has 4 heteroatoms. The van der Waals surface area contributed by atoms with Gasteiger partial charge >= 0.3 is 0 Å². The number of nitrogens with zero attached hydrogens (tertiary/aromatic N) is 1. The average Bonchev–Trinajstić information content (AvgIpc) is 2.59. The molecule has 0 atom stereocenters. The van der Waals surface area contributed by atoms with Crippen LogP contribution in [-0.4, -0.2) is 16.7 Å². The lowest BCUT2D eigenvalue weighted by Gasteiger charge is -2.11. The molecule has 0 amide bonds. The van der Waals surface area contributed by atoms with Gasteiger partial charge < -0.3 is 0 Å². The zero-order valence-electron chi connectivity index (χ0n) is 5.41. The van der Waals surface area contributed by atoms with E-state index in [-0.39, 0.29) is 0 Å². The van der Waals surface area contributed by atoms with E-state index in [2.05, 4.69) is 22.1 Å². The summed E-state index contributed by atoms with van der Waals surface area (Å²) in [5.41, 5.74) is 3.88. The highest BCUT2D eigenvalue weighted by Crippen LogP contribution is 2.24. The van der Waals surface area contributed by atoms with E-state index in [9.17, 15) is 0 Å². The molecule has 0 radical (unpaired) electrons. The minimum Gasteiger partial charge on any atom is -0.292 e. The van der Waals surface area contributed by atoms with Crippen LogP contribution >= 0.6 is 11.9 Å². The van der Waals surface area contributed by atoms with Crippen molar-refractivity contribution in [3.05, 3.63) is 24.2 Å². The highest BCUT2D eigenvalue weighted by molar-refractivity contribution is 7.97. The Morgan fingerprint density at radius 3 is 3.30 bits per heavy atom. The summed E-state index contributed by atoms with van der Waals surface area (Å²) >= 11 is 1.77. The lowest BCUT2D eigenvalue weighted by Crippen LogP contribution is -2.05. The molecule has 0 aromatic heterocycles. The Bertz CT molecular complexity index is 190. The summed E-state index contributed by atoms with van der Waals surface area (Å²) in [6, 6.07) is 0. The van der Waals surface area contributed by atoms with Crippen molar-refractivity contribution in [2.24, 2.45) is 0 Å². The first-order chi connectivity index (χ1) is 4.97. The maximum absolute atomic E-state index is 4.94. The Balaban J connectivity index is 2.04. The van der Waals surface area contributed by atoms with Crippen LogP contribution in [0.4, 0.5) is 0 Å². The molecule has 1 N–H and O–H groups in total. The predicted octanol–water partition coefficient (Wildman–Crippen LogP) is 0.840. The lowest BCUT2D eigenvalue weighted by molar-refractivity contribution is 0.110. The molecule has 0 spiro atoms. The largest absolute Gasteiger partial charge is 0.292 e. The Morgan fingerprint density at radius 1 is 1.70 bits per heavy atom. The van der Waals surface area contributed by atoms with Crippen LogP contribution in [0.3, 0.4) is 0 Å². The second-order valence-electron chi connectivity index (χ2n) is 2.05. The van der Waals surface area contributed by atoms with Crippen molar-refractivity contribution in [1.82, 2.24) is 9.79 Å². The molecule has 0 saturated heterocycles. The van der Waals surface area contributed by atoms with Crippen LogP contribution in [0.15, 0.2) is 24.2 Å². The minimum atomic E-state index is 0.664. The molecule has 0 fully saturated rings. The van der Waals surface area contributed by atoms with Gasteiger partial charge in [0.1, 0.15) is 6.61 Å². The van der Waals surface area contributed by atoms with E-state index in [1.807, 2.05) is 6.20 Å². The van der Waals surface area contributed by atoms with E-state index in [1.165, 1.54) is 5.70 Å². The SMILES string of the molecule is C1=CN(C2=CNOC2)SC1. The molecule has 0 saturated carbocycles. The van der Waals surface area contributed by atoms with Crippen molar-refractivity contribution in [3.8, 4) is 0 Å². The van der Waals surface area contributed by atoms with Crippen molar-refractivity contribution in [1.29, 1.82) is 0 Å². The number of hydrogen-bond donors (Lipinski definition) is 1. The van der Waals surface area contributed by atoms with E-state index in [1.54, 1.807) is 11.9 Å². The fraction of sp³-hybridized carbons (Fsp3) is 0.333. The first kappa shape index (κ1) is 6.12. The predicted molar refractivity (Wildman–Crippen MR) is 40.6 cm³/mol. The summed E-state index contributed by atoms with van der Waals surface area (Å²) in [6.45, 7) is 0.664. The summed E-state index contributed by atoms with van der Waals surface area (Å²) in [6.07, 6.45) is 6.07. The Morgan fingerprint density at radius 2 is 2.70 bits per heavy atom. The summed E-state index contributed by atoms with van der Waals surface area (Å²) in [5, 5.41) is 0. The number of rotatable bonds is 1. The van der Waals surface area contributed by atoms with Gasteiger partial charge in [-0.2, -0.15) is 0 Å². The van der Waals surface area contributed by atoms with Crippen LogP contribution in [-0.2, 0) is 4.84 Å². The standard InChI is InChI=1S/C6H8N2OS/c1-2-8(10-3-1)6-4-7-9-5-6/h1-2,4,7H,3,5H2.